The summed E-state index contributed by atoms with van der Waals surface area (Å²) in [6.45, 7) is 0.648. The number of hydrogen-bond donors (Lipinski definition) is 0. The number of methoxy groups -OCH3 is 1. The van der Waals surface area contributed by atoms with Gasteiger partial charge in [-0.05, 0) is 42.5 Å². The van der Waals surface area contributed by atoms with Crippen LogP contribution in [0.1, 0.15) is 5.56 Å². The number of pyridine rings is 2. The number of nitriles is 1. The fourth-order valence-corrected chi connectivity index (χ4v) is 4.27. The summed E-state index contributed by atoms with van der Waals surface area (Å²) in [5.41, 5.74) is 3.58. The third-order valence-corrected chi connectivity index (χ3v) is 5.96. The molecule has 0 spiro atoms. The number of benzene rings is 2. The van der Waals surface area contributed by atoms with Crippen LogP contribution in [-0.4, -0.2) is 42.0 Å². The number of anilines is 1. The molecule has 1 unspecified atom stereocenters. The molecule has 2 aromatic heterocycles. The lowest BCUT2D eigenvalue weighted by Crippen LogP contribution is -2.26. The van der Waals surface area contributed by atoms with Gasteiger partial charge in [0.15, 0.2) is 0 Å². The van der Waals surface area contributed by atoms with Gasteiger partial charge in [0.25, 0.3) is 5.56 Å². The minimum absolute atomic E-state index is 0.296. The third-order valence-electron chi connectivity index (χ3n) is 5.96. The monoisotopic (exact) mass is 478 g/mol. The fraction of sp³-hybridized carbons (Fsp3) is 0.143. The highest BCUT2D eigenvalue weighted by molar-refractivity contribution is 5.90. The van der Waals surface area contributed by atoms with Crippen LogP contribution in [0.2, 0.25) is 0 Å². The van der Waals surface area contributed by atoms with Gasteiger partial charge in [-0.25, -0.2) is 4.79 Å². The summed E-state index contributed by atoms with van der Waals surface area (Å²) >= 11 is 0. The Kier molecular flexibility index (Phi) is 6.31. The van der Waals surface area contributed by atoms with Gasteiger partial charge in [0, 0.05) is 41.9 Å². The van der Waals surface area contributed by atoms with Gasteiger partial charge in [-0.1, -0.05) is 30.3 Å². The number of nitrogens with zero attached hydrogens (tertiary/aromatic N) is 4. The van der Waals surface area contributed by atoms with Crippen molar-refractivity contribution in [1.82, 2.24) is 9.55 Å². The van der Waals surface area contributed by atoms with Gasteiger partial charge >= 0.3 is 6.09 Å². The van der Waals surface area contributed by atoms with Crippen LogP contribution >= 0.6 is 0 Å². The summed E-state index contributed by atoms with van der Waals surface area (Å²) < 4.78 is 12.0. The van der Waals surface area contributed by atoms with E-state index in [0.717, 1.165) is 0 Å². The number of rotatable bonds is 6. The molecule has 0 saturated carbocycles. The van der Waals surface area contributed by atoms with Gasteiger partial charge in [0.2, 0.25) is 0 Å². The van der Waals surface area contributed by atoms with Crippen molar-refractivity contribution in [2.45, 2.75) is 6.10 Å². The molecule has 0 aliphatic carbocycles. The molecule has 1 aliphatic heterocycles. The Morgan fingerprint density at radius 3 is 2.61 bits per heavy atom. The number of hydrogen-bond acceptors (Lipinski definition) is 6. The van der Waals surface area contributed by atoms with E-state index in [2.05, 4.69) is 11.1 Å². The van der Waals surface area contributed by atoms with E-state index in [4.69, 9.17) is 9.47 Å². The SMILES string of the molecule is COCC1CN(c2cccc(-n3cc(-c4ccccn4)cc(-c4ccccc4C#N)c3=O)c2)C(=O)O1. The molecule has 36 heavy (non-hydrogen) atoms. The van der Waals surface area contributed by atoms with Gasteiger partial charge in [-0.15, -0.1) is 0 Å². The quantitative estimate of drug-likeness (QED) is 0.407. The lowest BCUT2D eigenvalue weighted by atomic mass is 9.99. The van der Waals surface area contributed by atoms with E-state index >= 15 is 0 Å². The Bertz CT molecular complexity index is 1520. The van der Waals surface area contributed by atoms with Crippen LogP contribution in [0.15, 0.2) is 90.0 Å². The lowest BCUT2D eigenvalue weighted by molar-refractivity contribution is 0.0718. The molecule has 1 atom stereocenters. The van der Waals surface area contributed by atoms with Gasteiger partial charge in [0.1, 0.15) is 6.10 Å². The van der Waals surface area contributed by atoms with Crippen LogP contribution in [0, 0.1) is 11.3 Å². The smallest absolute Gasteiger partial charge is 0.414 e. The normalized spacial score (nSPS) is 14.9. The molecule has 0 radical (unpaired) electrons. The minimum Gasteiger partial charge on any atom is -0.441 e. The molecular formula is C28H22N4O4. The highest BCUT2D eigenvalue weighted by Crippen LogP contribution is 2.28. The van der Waals surface area contributed by atoms with Crippen LogP contribution in [0.5, 0.6) is 0 Å². The molecule has 0 bridgehead atoms. The van der Waals surface area contributed by atoms with Crippen molar-refractivity contribution in [2.24, 2.45) is 0 Å². The van der Waals surface area contributed by atoms with Crippen LogP contribution in [0.3, 0.4) is 0 Å². The zero-order valence-electron chi connectivity index (χ0n) is 19.5. The maximum absolute atomic E-state index is 13.8. The maximum atomic E-state index is 13.8. The Hall–Kier alpha value is -4.74. The van der Waals surface area contributed by atoms with Gasteiger partial charge in [-0.3, -0.25) is 19.2 Å². The second-order valence-electron chi connectivity index (χ2n) is 8.28. The van der Waals surface area contributed by atoms with E-state index in [1.54, 1.807) is 74.1 Å². The first-order chi connectivity index (χ1) is 17.6. The first-order valence-electron chi connectivity index (χ1n) is 11.3. The molecule has 1 aliphatic rings. The number of carbonyl (C=O) groups excluding carboxylic acids is 1. The van der Waals surface area contributed by atoms with E-state index in [-0.39, 0.29) is 11.7 Å². The van der Waals surface area contributed by atoms with E-state index in [1.807, 2.05) is 18.2 Å². The van der Waals surface area contributed by atoms with E-state index < -0.39 is 6.09 Å². The molecule has 178 valence electrons. The first kappa shape index (κ1) is 23.0. The summed E-state index contributed by atoms with van der Waals surface area (Å²) in [5, 5.41) is 9.66. The number of cyclic esters (lactones) is 1. The molecule has 8 heteroatoms. The standard InChI is InChI=1S/C28H22N4O4/c1-35-18-23-17-32(28(34)36-23)22-9-6-8-21(14-22)31-16-20(26-11-4-5-12-30-26)13-25(27(31)33)24-10-3-2-7-19(24)15-29/h2-14,16,23H,17-18H2,1H3. The number of aromatic nitrogens is 2. The Morgan fingerprint density at radius 2 is 1.83 bits per heavy atom. The van der Waals surface area contributed by atoms with Crippen LogP contribution < -0.4 is 10.5 Å². The van der Waals surface area contributed by atoms with Crippen molar-refractivity contribution in [1.29, 1.82) is 5.26 Å². The molecule has 5 rings (SSSR count). The van der Waals surface area contributed by atoms with E-state index in [9.17, 15) is 14.9 Å². The van der Waals surface area contributed by atoms with E-state index in [1.165, 1.54) is 9.47 Å². The molecule has 1 saturated heterocycles. The molecule has 1 amide bonds. The van der Waals surface area contributed by atoms with Crippen molar-refractivity contribution < 1.29 is 14.3 Å². The zero-order chi connectivity index (χ0) is 25.1. The van der Waals surface area contributed by atoms with Crippen LogP contribution in [0.25, 0.3) is 28.1 Å². The molecule has 0 N–H and O–H groups in total. The van der Waals surface area contributed by atoms with Gasteiger partial charge in [0.05, 0.1) is 36.2 Å². The summed E-state index contributed by atoms with van der Waals surface area (Å²) in [5.74, 6) is 0. The second kappa shape index (κ2) is 9.86. The van der Waals surface area contributed by atoms with Crippen molar-refractivity contribution in [3.8, 4) is 34.1 Å². The van der Waals surface area contributed by atoms with Crippen molar-refractivity contribution >= 4 is 11.8 Å². The Balaban J connectivity index is 1.66. The Morgan fingerprint density at radius 1 is 1.03 bits per heavy atom. The minimum atomic E-state index is -0.465. The fourth-order valence-electron chi connectivity index (χ4n) is 4.27. The van der Waals surface area contributed by atoms with Crippen molar-refractivity contribution in [3.05, 3.63) is 101 Å². The number of amides is 1. The average molecular weight is 479 g/mol. The molecule has 8 nitrogen and oxygen atoms in total. The summed E-state index contributed by atoms with van der Waals surface area (Å²) in [6, 6.07) is 23.6. The highest BCUT2D eigenvalue weighted by Gasteiger charge is 2.32. The lowest BCUT2D eigenvalue weighted by Gasteiger charge is -2.16. The van der Waals surface area contributed by atoms with Crippen molar-refractivity contribution in [2.75, 3.05) is 25.2 Å². The largest absolute Gasteiger partial charge is 0.441 e. The van der Waals surface area contributed by atoms with Gasteiger partial charge in [-0.2, -0.15) is 5.26 Å². The molecule has 1 fully saturated rings. The molecular weight excluding hydrogens is 456 g/mol. The van der Waals surface area contributed by atoms with Crippen LogP contribution in [-0.2, 0) is 9.47 Å². The highest BCUT2D eigenvalue weighted by atomic mass is 16.6. The van der Waals surface area contributed by atoms with E-state index in [0.29, 0.717) is 52.5 Å². The average Bonchev–Trinajstić information content (AvgIpc) is 3.29. The molecule has 3 heterocycles. The Labute approximate surface area is 207 Å². The third kappa shape index (κ3) is 4.35. The van der Waals surface area contributed by atoms with Crippen molar-refractivity contribution in [3.63, 3.8) is 0 Å². The summed E-state index contributed by atoms with van der Waals surface area (Å²) in [4.78, 5) is 32.2. The summed E-state index contributed by atoms with van der Waals surface area (Å²) in [7, 11) is 1.56. The number of ether oxygens (including phenoxy) is 2. The zero-order valence-corrected chi connectivity index (χ0v) is 19.5. The molecule has 4 aromatic rings. The first-order valence-corrected chi connectivity index (χ1v) is 11.3. The maximum Gasteiger partial charge on any atom is 0.414 e. The predicted molar refractivity (Wildman–Crippen MR) is 135 cm³/mol. The van der Waals surface area contributed by atoms with Crippen LogP contribution in [0.4, 0.5) is 10.5 Å². The summed E-state index contributed by atoms with van der Waals surface area (Å²) in [6.07, 6.45) is 2.57. The second-order valence-corrected chi connectivity index (χ2v) is 8.28. The number of carbonyl (C=O) groups is 1. The predicted octanol–water partition coefficient (Wildman–Crippen LogP) is 4.41. The topological polar surface area (TPSA) is 97.5 Å². The molecule has 2 aromatic carbocycles. The van der Waals surface area contributed by atoms with Gasteiger partial charge < -0.3 is 9.47 Å².